The minimum Gasteiger partial charge on any atom is -0.381 e. The first-order valence-electron chi connectivity index (χ1n) is 9.54. The molecule has 4 rings (SSSR count). The van der Waals surface area contributed by atoms with Crippen LogP contribution in [-0.4, -0.2) is 39.9 Å². The van der Waals surface area contributed by atoms with Crippen LogP contribution in [-0.2, 0) is 4.74 Å². The molecule has 7 heteroatoms. The summed E-state index contributed by atoms with van der Waals surface area (Å²) in [4.78, 5) is 17.6. The molecule has 3 heterocycles. The fourth-order valence-electron chi connectivity index (χ4n) is 3.39. The average molecular weight is 382 g/mol. The van der Waals surface area contributed by atoms with E-state index in [1.807, 2.05) is 24.7 Å². The smallest absolute Gasteiger partial charge is 0.252 e. The third-order valence-electron chi connectivity index (χ3n) is 5.00. The quantitative estimate of drug-likeness (QED) is 0.747. The van der Waals surface area contributed by atoms with Crippen molar-refractivity contribution in [2.45, 2.75) is 38.8 Å². The molecular weight excluding hydrogens is 359 g/mol. The third-order valence-corrected chi connectivity index (χ3v) is 5.00. The molecule has 1 aromatic carbocycles. The summed E-state index contributed by atoms with van der Waals surface area (Å²) in [6.45, 7) is 5.35. The molecule has 146 valence electrons. The van der Waals surface area contributed by atoms with Gasteiger partial charge in [0, 0.05) is 42.4 Å². The first-order chi connectivity index (χ1) is 13.5. The second kappa shape index (κ2) is 7.67. The summed E-state index contributed by atoms with van der Waals surface area (Å²) in [5.41, 5.74) is 2.46. The summed E-state index contributed by atoms with van der Waals surface area (Å²) in [7, 11) is 0. The molecule has 0 radical (unpaired) electrons. The van der Waals surface area contributed by atoms with E-state index in [0.717, 1.165) is 18.4 Å². The number of aromatic nitrogens is 3. The van der Waals surface area contributed by atoms with Crippen molar-refractivity contribution in [3.8, 4) is 11.3 Å². The minimum atomic E-state index is -0.394. The number of fused-ring (bicyclic) bond motifs is 1. The van der Waals surface area contributed by atoms with E-state index in [-0.39, 0.29) is 18.0 Å². The van der Waals surface area contributed by atoms with Crippen LogP contribution >= 0.6 is 0 Å². The molecule has 0 spiro atoms. The molecule has 0 aliphatic carbocycles. The summed E-state index contributed by atoms with van der Waals surface area (Å²) >= 11 is 0. The number of hydrogen-bond acceptors (Lipinski definition) is 4. The lowest BCUT2D eigenvalue weighted by molar-refractivity contribution is 0.0697. The van der Waals surface area contributed by atoms with Crippen LogP contribution in [0, 0.1) is 5.82 Å². The fourth-order valence-corrected chi connectivity index (χ4v) is 3.39. The van der Waals surface area contributed by atoms with Crippen molar-refractivity contribution in [2.75, 3.05) is 13.2 Å². The molecule has 0 bridgehead atoms. The van der Waals surface area contributed by atoms with Crippen LogP contribution in [0.15, 0.2) is 36.7 Å². The number of nitrogens with one attached hydrogen (secondary N) is 1. The van der Waals surface area contributed by atoms with Crippen molar-refractivity contribution in [3.05, 3.63) is 48.0 Å². The predicted molar refractivity (Wildman–Crippen MR) is 105 cm³/mol. The van der Waals surface area contributed by atoms with Crippen LogP contribution in [0.3, 0.4) is 0 Å². The second-order valence-corrected chi connectivity index (χ2v) is 7.38. The number of ether oxygens (including phenoxy) is 1. The normalized spacial score (nSPS) is 15.3. The van der Waals surface area contributed by atoms with E-state index in [2.05, 4.69) is 15.4 Å². The first kappa shape index (κ1) is 18.6. The Balaban J connectivity index is 1.75. The minimum absolute atomic E-state index is 0.0603. The Kier molecular flexibility index (Phi) is 5.09. The van der Waals surface area contributed by atoms with Crippen LogP contribution < -0.4 is 5.32 Å². The number of amides is 1. The van der Waals surface area contributed by atoms with Gasteiger partial charge in [-0.2, -0.15) is 5.10 Å². The van der Waals surface area contributed by atoms with Crippen LogP contribution in [0.25, 0.3) is 22.2 Å². The van der Waals surface area contributed by atoms with Crippen LogP contribution in [0.5, 0.6) is 0 Å². The van der Waals surface area contributed by atoms with Gasteiger partial charge in [0.05, 0.1) is 23.0 Å². The van der Waals surface area contributed by atoms with E-state index in [4.69, 9.17) is 4.74 Å². The summed E-state index contributed by atoms with van der Waals surface area (Å²) < 4.78 is 21.1. The topological polar surface area (TPSA) is 69.0 Å². The zero-order valence-corrected chi connectivity index (χ0v) is 16.0. The van der Waals surface area contributed by atoms with E-state index in [0.29, 0.717) is 35.4 Å². The summed E-state index contributed by atoms with van der Waals surface area (Å²) in [5.74, 6) is -0.614. The second-order valence-electron chi connectivity index (χ2n) is 7.38. The summed E-state index contributed by atoms with van der Waals surface area (Å²) in [6.07, 6.45) is 5.19. The molecule has 1 aliphatic rings. The van der Waals surface area contributed by atoms with Gasteiger partial charge in [-0.1, -0.05) is 0 Å². The Bertz CT molecular complexity index is 1010. The number of halogens is 1. The summed E-state index contributed by atoms with van der Waals surface area (Å²) in [5, 5.41) is 7.92. The number of nitrogens with zero attached hydrogens (tertiary/aromatic N) is 3. The number of pyridine rings is 1. The standard InChI is InChI=1S/C21H23FN4O2/c1-13(2)26-12-14(11-23-26)20-10-18(17-9-15(22)3-4-19(17)25-20)21(27)24-16-5-7-28-8-6-16/h3-4,9-13,16H,5-8H2,1-2H3,(H,24,27). The molecule has 2 aromatic heterocycles. The zero-order chi connectivity index (χ0) is 19.7. The van der Waals surface area contributed by atoms with Crippen molar-refractivity contribution in [1.29, 1.82) is 0 Å². The zero-order valence-electron chi connectivity index (χ0n) is 16.0. The molecule has 6 nitrogen and oxygen atoms in total. The molecule has 1 amide bonds. The molecule has 0 unspecified atom stereocenters. The maximum atomic E-state index is 13.9. The van der Waals surface area contributed by atoms with Crippen molar-refractivity contribution in [3.63, 3.8) is 0 Å². The highest BCUT2D eigenvalue weighted by Gasteiger charge is 2.20. The Hall–Kier alpha value is -2.80. The average Bonchev–Trinajstić information content (AvgIpc) is 3.18. The van der Waals surface area contributed by atoms with Crippen molar-refractivity contribution in [2.24, 2.45) is 0 Å². The maximum Gasteiger partial charge on any atom is 0.252 e. The molecule has 28 heavy (non-hydrogen) atoms. The maximum absolute atomic E-state index is 13.9. The highest BCUT2D eigenvalue weighted by Crippen LogP contribution is 2.26. The lowest BCUT2D eigenvalue weighted by atomic mass is 10.0. The van der Waals surface area contributed by atoms with Gasteiger partial charge < -0.3 is 10.1 Å². The van der Waals surface area contributed by atoms with E-state index < -0.39 is 5.82 Å². The molecule has 0 atom stereocenters. The third kappa shape index (κ3) is 3.75. The van der Waals surface area contributed by atoms with Gasteiger partial charge in [0.25, 0.3) is 5.91 Å². The molecule has 0 saturated carbocycles. The van der Waals surface area contributed by atoms with Gasteiger partial charge in [-0.3, -0.25) is 9.48 Å². The highest BCUT2D eigenvalue weighted by molar-refractivity contribution is 6.07. The highest BCUT2D eigenvalue weighted by atomic mass is 19.1. The fraction of sp³-hybridized carbons (Fsp3) is 0.381. The van der Waals surface area contributed by atoms with E-state index in [9.17, 15) is 9.18 Å². The van der Waals surface area contributed by atoms with Gasteiger partial charge in [-0.05, 0) is 51.0 Å². The first-order valence-corrected chi connectivity index (χ1v) is 9.54. The number of hydrogen-bond donors (Lipinski definition) is 1. The van der Waals surface area contributed by atoms with Gasteiger partial charge in [0.1, 0.15) is 5.82 Å². The lowest BCUT2D eigenvalue weighted by Gasteiger charge is -2.23. The van der Waals surface area contributed by atoms with Gasteiger partial charge in [0.15, 0.2) is 0 Å². The summed E-state index contributed by atoms with van der Waals surface area (Å²) in [6, 6.07) is 6.33. The number of benzene rings is 1. The Labute approximate surface area is 162 Å². The lowest BCUT2D eigenvalue weighted by Crippen LogP contribution is -2.39. The van der Waals surface area contributed by atoms with Gasteiger partial charge >= 0.3 is 0 Å². The van der Waals surface area contributed by atoms with Gasteiger partial charge in [-0.25, -0.2) is 9.37 Å². The Morgan fingerprint density at radius 2 is 2.07 bits per heavy atom. The van der Waals surface area contributed by atoms with Crippen LogP contribution in [0.4, 0.5) is 4.39 Å². The van der Waals surface area contributed by atoms with Crippen LogP contribution in [0.1, 0.15) is 43.1 Å². The molecule has 1 aliphatic heterocycles. The molecule has 1 fully saturated rings. The molecule has 1 saturated heterocycles. The van der Waals surface area contributed by atoms with E-state index in [1.165, 1.54) is 12.1 Å². The van der Waals surface area contributed by atoms with E-state index in [1.54, 1.807) is 18.3 Å². The Morgan fingerprint density at radius 1 is 1.29 bits per heavy atom. The monoisotopic (exact) mass is 382 g/mol. The van der Waals surface area contributed by atoms with Crippen molar-refractivity contribution in [1.82, 2.24) is 20.1 Å². The molecule has 1 N–H and O–H groups in total. The van der Waals surface area contributed by atoms with E-state index >= 15 is 0 Å². The Morgan fingerprint density at radius 3 is 2.79 bits per heavy atom. The molecule has 3 aromatic rings. The number of carbonyl (C=O) groups excluding carboxylic acids is 1. The van der Waals surface area contributed by atoms with Crippen LogP contribution in [0.2, 0.25) is 0 Å². The SMILES string of the molecule is CC(C)n1cc(-c2cc(C(=O)NC3CCOCC3)c3cc(F)ccc3n2)cn1. The van der Waals surface area contributed by atoms with Gasteiger partial charge in [-0.15, -0.1) is 0 Å². The van der Waals surface area contributed by atoms with Crippen molar-refractivity contribution >= 4 is 16.8 Å². The predicted octanol–water partition coefficient (Wildman–Crippen LogP) is 3.73. The van der Waals surface area contributed by atoms with Crippen molar-refractivity contribution < 1.29 is 13.9 Å². The largest absolute Gasteiger partial charge is 0.381 e. The van der Waals surface area contributed by atoms with Gasteiger partial charge in [0.2, 0.25) is 0 Å². The number of rotatable bonds is 4. The molecular formula is C21H23FN4O2. The number of carbonyl (C=O) groups is 1.